The van der Waals surface area contributed by atoms with Gasteiger partial charge >= 0.3 is 11.7 Å². The van der Waals surface area contributed by atoms with E-state index in [0.29, 0.717) is 0 Å². The number of esters is 1. The number of nitro groups is 1. The number of rotatable bonds is 4. The van der Waals surface area contributed by atoms with Crippen molar-refractivity contribution < 1.29 is 19.2 Å². The minimum absolute atomic E-state index is 0.0951. The molecule has 0 fully saturated rings. The lowest BCUT2D eigenvalue weighted by atomic mass is 10.3. The molecule has 0 saturated carbocycles. The lowest BCUT2D eigenvalue weighted by Crippen LogP contribution is -2.13. The molecule has 1 aromatic rings. The third-order valence-corrected chi connectivity index (χ3v) is 1.95. The first-order valence-electron chi connectivity index (χ1n) is 4.86. The highest BCUT2D eigenvalue weighted by Crippen LogP contribution is 2.25. The summed E-state index contributed by atoms with van der Waals surface area (Å²) >= 11 is 0. The molecule has 94 valence electrons. The zero-order chi connectivity index (χ0) is 13.7. The number of nitrogens with zero attached hydrogens (tertiary/aromatic N) is 2. The summed E-state index contributed by atoms with van der Waals surface area (Å²) in [5.41, 5.74) is -0.466. The molecule has 7 heteroatoms. The van der Waals surface area contributed by atoms with Crippen molar-refractivity contribution in [3.63, 3.8) is 0 Å². The van der Waals surface area contributed by atoms with E-state index in [1.165, 1.54) is 20.1 Å². The number of ether oxygens (including phenoxy) is 2. The molecule has 0 N–H and O–H groups in total. The van der Waals surface area contributed by atoms with Crippen molar-refractivity contribution >= 4 is 11.7 Å². The number of carbonyl (C=O) groups excluding carboxylic acids is 1. The van der Waals surface area contributed by atoms with E-state index >= 15 is 0 Å². The van der Waals surface area contributed by atoms with Gasteiger partial charge in [0, 0.05) is 6.07 Å². The van der Waals surface area contributed by atoms with E-state index in [2.05, 4.69) is 15.6 Å². The van der Waals surface area contributed by atoms with E-state index < -0.39 is 17.0 Å². The molecule has 0 spiro atoms. The molecule has 18 heavy (non-hydrogen) atoms. The zero-order valence-corrected chi connectivity index (χ0v) is 9.75. The van der Waals surface area contributed by atoms with Crippen molar-refractivity contribution in [1.29, 1.82) is 0 Å². The third-order valence-electron chi connectivity index (χ3n) is 1.95. The molecule has 0 radical (unpaired) electrons. The standard InChI is InChI=1S/C11H10N2O5/c1-4-7(2)18-10-9(13(15)16)6-5-8(12-10)11(14)17-3/h1,5-7H,2-3H3. The van der Waals surface area contributed by atoms with Gasteiger partial charge < -0.3 is 9.47 Å². The molecule has 1 rings (SSSR count). The Morgan fingerprint density at radius 2 is 2.28 bits per heavy atom. The lowest BCUT2D eigenvalue weighted by molar-refractivity contribution is -0.386. The molecular formula is C11H10N2O5. The summed E-state index contributed by atoms with van der Waals surface area (Å²) in [6.07, 6.45) is 4.40. The van der Waals surface area contributed by atoms with Crippen molar-refractivity contribution in [2.45, 2.75) is 13.0 Å². The molecule has 0 aromatic carbocycles. The number of hydrogen-bond donors (Lipinski definition) is 0. The number of methoxy groups -OCH3 is 1. The summed E-state index contributed by atoms with van der Waals surface area (Å²) in [4.78, 5) is 25.1. The van der Waals surface area contributed by atoms with Crippen LogP contribution in [0.25, 0.3) is 0 Å². The van der Waals surface area contributed by atoms with Crippen molar-refractivity contribution in [1.82, 2.24) is 4.98 Å². The second-order valence-electron chi connectivity index (χ2n) is 3.20. The van der Waals surface area contributed by atoms with Crippen LogP contribution in [0.4, 0.5) is 5.69 Å². The van der Waals surface area contributed by atoms with Crippen LogP contribution >= 0.6 is 0 Å². The van der Waals surface area contributed by atoms with Crippen molar-refractivity contribution in [3.05, 3.63) is 27.9 Å². The predicted molar refractivity (Wildman–Crippen MR) is 61.2 cm³/mol. The summed E-state index contributed by atoms with van der Waals surface area (Å²) < 4.78 is 9.55. The van der Waals surface area contributed by atoms with Crippen molar-refractivity contribution in [2.24, 2.45) is 0 Å². The molecule has 0 amide bonds. The molecule has 0 bridgehead atoms. The molecule has 1 heterocycles. The fourth-order valence-corrected chi connectivity index (χ4v) is 1.08. The number of hydrogen-bond acceptors (Lipinski definition) is 6. The smallest absolute Gasteiger partial charge is 0.356 e. The lowest BCUT2D eigenvalue weighted by Gasteiger charge is -2.08. The zero-order valence-electron chi connectivity index (χ0n) is 9.75. The van der Waals surface area contributed by atoms with Crippen LogP contribution in [0.3, 0.4) is 0 Å². The average Bonchev–Trinajstić information content (AvgIpc) is 2.37. The highest BCUT2D eigenvalue weighted by atomic mass is 16.6. The molecule has 0 aliphatic carbocycles. The molecule has 1 aromatic heterocycles. The molecule has 1 atom stereocenters. The maximum Gasteiger partial charge on any atom is 0.356 e. The summed E-state index contributed by atoms with van der Waals surface area (Å²) in [6, 6.07) is 2.29. The van der Waals surface area contributed by atoms with Crippen LogP contribution in [-0.4, -0.2) is 29.1 Å². The largest absolute Gasteiger partial charge is 0.464 e. The molecule has 7 nitrogen and oxygen atoms in total. The minimum atomic E-state index is -0.719. The van der Waals surface area contributed by atoms with Gasteiger partial charge in [-0.2, -0.15) is 0 Å². The van der Waals surface area contributed by atoms with Gasteiger partial charge in [0.25, 0.3) is 5.88 Å². The highest BCUT2D eigenvalue weighted by molar-refractivity contribution is 5.87. The molecule has 1 unspecified atom stereocenters. The fourth-order valence-electron chi connectivity index (χ4n) is 1.08. The molecule has 0 aliphatic heterocycles. The van der Waals surface area contributed by atoms with E-state index in [0.717, 1.165) is 6.07 Å². The SMILES string of the molecule is C#CC(C)Oc1nc(C(=O)OC)ccc1[N+](=O)[O-]. The maximum absolute atomic E-state index is 11.3. The normalized spacial score (nSPS) is 11.2. The Morgan fingerprint density at radius 3 is 2.78 bits per heavy atom. The maximum atomic E-state index is 11.3. The minimum Gasteiger partial charge on any atom is -0.464 e. The van der Waals surface area contributed by atoms with Gasteiger partial charge in [-0.1, -0.05) is 5.92 Å². The van der Waals surface area contributed by atoms with Gasteiger partial charge in [0.2, 0.25) is 0 Å². The number of carbonyl (C=O) groups is 1. The van der Waals surface area contributed by atoms with Gasteiger partial charge in [-0.05, 0) is 13.0 Å². The average molecular weight is 250 g/mol. The number of pyridine rings is 1. The summed E-state index contributed by atoms with van der Waals surface area (Å²) in [5, 5.41) is 10.8. The first kappa shape index (κ1) is 13.4. The van der Waals surface area contributed by atoms with E-state index in [4.69, 9.17) is 11.2 Å². The Kier molecular flexibility index (Phi) is 4.21. The van der Waals surface area contributed by atoms with Crippen LogP contribution in [0.5, 0.6) is 5.88 Å². The van der Waals surface area contributed by atoms with Crippen LogP contribution in [-0.2, 0) is 4.74 Å². The van der Waals surface area contributed by atoms with Gasteiger partial charge in [0.05, 0.1) is 12.0 Å². The summed E-state index contributed by atoms with van der Waals surface area (Å²) in [6.45, 7) is 1.52. The Hall–Kier alpha value is -2.62. The first-order valence-corrected chi connectivity index (χ1v) is 4.86. The number of aromatic nitrogens is 1. The van der Waals surface area contributed by atoms with Crippen LogP contribution in [0, 0.1) is 22.5 Å². The predicted octanol–water partition coefficient (Wildman–Crippen LogP) is 1.18. The van der Waals surface area contributed by atoms with Crippen LogP contribution in [0.15, 0.2) is 12.1 Å². The van der Waals surface area contributed by atoms with Gasteiger partial charge in [0.15, 0.2) is 11.8 Å². The van der Waals surface area contributed by atoms with Gasteiger partial charge in [-0.25, -0.2) is 9.78 Å². The second kappa shape index (κ2) is 5.63. The van der Waals surface area contributed by atoms with E-state index in [1.54, 1.807) is 0 Å². The van der Waals surface area contributed by atoms with Crippen molar-refractivity contribution in [2.75, 3.05) is 7.11 Å². The van der Waals surface area contributed by atoms with E-state index in [9.17, 15) is 14.9 Å². The third kappa shape index (κ3) is 2.95. The monoisotopic (exact) mass is 250 g/mol. The Balaban J connectivity index is 3.20. The van der Waals surface area contributed by atoms with Gasteiger partial charge in [-0.15, -0.1) is 6.42 Å². The Labute approximate surface area is 103 Å². The topological polar surface area (TPSA) is 91.6 Å². The molecule has 0 aliphatic rings. The summed E-state index contributed by atoms with van der Waals surface area (Å²) in [7, 11) is 1.18. The van der Waals surface area contributed by atoms with Gasteiger partial charge in [0.1, 0.15) is 0 Å². The van der Waals surface area contributed by atoms with Crippen LogP contribution < -0.4 is 4.74 Å². The fraction of sp³-hybridized carbons (Fsp3) is 0.273. The van der Waals surface area contributed by atoms with E-state index in [-0.39, 0.29) is 17.3 Å². The Morgan fingerprint density at radius 1 is 1.61 bits per heavy atom. The van der Waals surface area contributed by atoms with Crippen LogP contribution in [0.1, 0.15) is 17.4 Å². The molecular weight excluding hydrogens is 240 g/mol. The molecule has 0 saturated heterocycles. The second-order valence-corrected chi connectivity index (χ2v) is 3.20. The number of terminal acetylenes is 1. The summed E-state index contributed by atoms with van der Waals surface area (Å²) in [5.74, 6) is 1.21. The first-order chi connectivity index (χ1) is 8.49. The van der Waals surface area contributed by atoms with Gasteiger partial charge in [-0.3, -0.25) is 10.1 Å². The van der Waals surface area contributed by atoms with E-state index in [1.807, 2.05) is 0 Å². The Bertz CT molecular complexity index is 521. The van der Waals surface area contributed by atoms with Crippen LogP contribution in [0.2, 0.25) is 0 Å². The highest BCUT2D eigenvalue weighted by Gasteiger charge is 2.21. The quantitative estimate of drug-likeness (QED) is 0.345. The van der Waals surface area contributed by atoms with Crippen molar-refractivity contribution in [3.8, 4) is 18.2 Å².